The average Bonchev–Trinajstić information content (AvgIpc) is 2.96. The van der Waals surface area contributed by atoms with Crippen LogP contribution in [-0.2, 0) is 28.5 Å². The molecule has 0 aliphatic carbocycles. The normalized spacial score (nSPS) is 13.9. The number of aliphatic hydroxyl groups is 1. The Bertz CT molecular complexity index is 595. The van der Waals surface area contributed by atoms with Gasteiger partial charge in [-0.05, 0) is 19.1 Å². The lowest BCUT2D eigenvalue weighted by Gasteiger charge is -2.19. The fourth-order valence-electron chi connectivity index (χ4n) is 2.17. The Morgan fingerprint density at radius 1 is 1.04 bits per heavy atom. The first-order valence-electron chi connectivity index (χ1n) is 9.11. The molecule has 1 atom stereocenters. The highest BCUT2D eigenvalue weighted by molar-refractivity contribution is 5.86. The summed E-state index contributed by atoms with van der Waals surface area (Å²) in [6.07, 6.45) is 9.21. The fourth-order valence-corrected chi connectivity index (χ4v) is 2.17. The van der Waals surface area contributed by atoms with E-state index < -0.39 is 17.9 Å². The van der Waals surface area contributed by atoms with Crippen LogP contribution in [0.25, 0.3) is 0 Å². The zero-order chi connectivity index (χ0) is 20.6. The lowest BCUT2D eigenvalue weighted by molar-refractivity contribution is -0.151. The lowest BCUT2D eigenvalue weighted by Crippen LogP contribution is -2.28. The molecule has 0 aromatic heterocycles. The molecular weight excluding hydrogens is 366 g/mol. The van der Waals surface area contributed by atoms with Gasteiger partial charge in [0.15, 0.2) is 0 Å². The van der Waals surface area contributed by atoms with Gasteiger partial charge in [-0.15, -0.1) is 0 Å². The molecule has 156 valence electrons. The molecule has 8 heteroatoms. The third kappa shape index (κ3) is 10.1. The standard InChI is InChI=1S/C20H29NO7/c1-16(2)19(23)27-10-7-17(18-6-4-3-5-8-21-18)20(24)28-15-14-26-13-12-25-11-9-22/h3-6,8,17,21-22H,1,7,9-15H2,2H3. The molecule has 1 rings (SSSR count). The van der Waals surface area contributed by atoms with Gasteiger partial charge in [-0.25, -0.2) is 4.79 Å². The molecule has 1 aliphatic heterocycles. The number of aliphatic hydroxyl groups excluding tert-OH is 1. The molecule has 0 aromatic carbocycles. The summed E-state index contributed by atoms with van der Waals surface area (Å²) in [5.74, 6) is -1.54. The Kier molecular flexibility index (Phi) is 12.3. The number of esters is 2. The van der Waals surface area contributed by atoms with Crippen molar-refractivity contribution in [3.05, 3.63) is 48.4 Å². The van der Waals surface area contributed by atoms with Crippen LogP contribution in [0.15, 0.2) is 48.4 Å². The minimum atomic E-state index is -0.613. The molecule has 0 bridgehead atoms. The van der Waals surface area contributed by atoms with Crippen molar-refractivity contribution in [2.24, 2.45) is 5.92 Å². The minimum Gasteiger partial charge on any atom is -0.463 e. The second-order valence-electron chi connectivity index (χ2n) is 5.88. The summed E-state index contributed by atoms with van der Waals surface area (Å²) in [4.78, 5) is 24.1. The van der Waals surface area contributed by atoms with E-state index in [2.05, 4.69) is 11.9 Å². The predicted molar refractivity (Wildman–Crippen MR) is 103 cm³/mol. The number of carbonyl (C=O) groups excluding carboxylic acids is 2. The highest BCUT2D eigenvalue weighted by Crippen LogP contribution is 2.17. The number of nitrogens with one attached hydrogen (secondary N) is 1. The maximum atomic E-state index is 12.5. The van der Waals surface area contributed by atoms with E-state index in [1.807, 2.05) is 12.2 Å². The molecule has 0 aromatic rings. The van der Waals surface area contributed by atoms with Gasteiger partial charge >= 0.3 is 11.9 Å². The number of ether oxygens (including phenoxy) is 4. The predicted octanol–water partition coefficient (Wildman–Crippen LogP) is 1.24. The Labute approximate surface area is 165 Å². The van der Waals surface area contributed by atoms with Crippen LogP contribution >= 0.6 is 0 Å². The van der Waals surface area contributed by atoms with Crippen molar-refractivity contribution in [1.29, 1.82) is 0 Å². The largest absolute Gasteiger partial charge is 0.463 e. The summed E-state index contributed by atoms with van der Waals surface area (Å²) in [5, 5.41) is 11.6. The molecule has 0 radical (unpaired) electrons. The Morgan fingerprint density at radius 3 is 2.46 bits per heavy atom. The number of hydrogen-bond donors (Lipinski definition) is 2. The molecular formula is C20H29NO7. The topological polar surface area (TPSA) is 103 Å². The molecule has 1 heterocycles. The highest BCUT2D eigenvalue weighted by atomic mass is 16.6. The highest BCUT2D eigenvalue weighted by Gasteiger charge is 2.25. The van der Waals surface area contributed by atoms with Gasteiger partial charge in [0.1, 0.15) is 12.5 Å². The first-order chi connectivity index (χ1) is 13.6. The Balaban J connectivity index is 2.46. The first-order valence-corrected chi connectivity index (χ1v) is 9.11. The minimum absolute atomic E-state index is 0.0328. The van der Waals surface area contributed by atoms with Crippen LogP contribution in [0.4, 0.5) is 0 Å². The van der Waals surface area contributed by atoms with E-state index in [0.29, 0.717) is 24.5 Å². The van der Waals surface area contributed by atoms with E-state index in [9.17, 15) is 9.59 Å². The van der Waals surface area contributed by atoms with Crippen LogP contribution in [0.1, 0.15) is 13.3 Å². The van der Waals surface area contributed by atoms with Crippen molar-refractivity contribution in [3.63, 3.8) is 0 Å². The van der Waals surface area contributed by atoms with Gasteiger partial charge in [0.25, 0.3) is 0 Å². The van der Waals surface area contributed by atoms with Crippen LogP contribution < -0.4 is 5.32 Å². The van der Waals surface area contributed by atoms with Crippen molar-refractivity contribution >= 4 is 11.9 Å². The third-order valence-corrected chi connectivity index (χ3v) is 3.57. The summed E-state index contributed by atoms with van der Waals surface area (Å²) in [6, 6.07) is 0. The van der Waals surface area contributed by atoms with Gasteiger partial charge < -0.3 is 29.4 Å². The lowest BCUT2D eigenvalue weighted by atomic mass is 10.0. The van der Waals surface area contributed by atoms with E-state index in [-0.39, 0.29) is 39.5 Å². The molecule has 1 aliphatic rings. The zero-order valence-electron chi connectivity index (χ0n) is 16.2. The molecule has 0 saturated carbocycles. The SMILES string of the molecule is C=C(C)C(=O)OCCC(C(=O)OCCOCCOCCO)C1=CC=CC=CN1. The molecule has 28 heavy (non-hydrogen) atoms. The summed E-state index contributed by atoms with van der Waals surface area (Å²) in [5.41, 5.74) is 0.955. The van der Waals surface area contributed by atoms with Gasteiger partial charge in [0, 0.05) is 23.9 Å². The van der Waals surface area contributed by atoms with Crippen molar-refractivity contribution in [3.8, 4) is 0 Å². The molecule has 0 amide bonds. The molecule has 8 nitrogen and oxygen atoms in total. The number of allylic oxidation sites excluding steroid dienone is 4. The first kappa shape index (κ1) is 23.6. The molecule has 0 fully saturated rings. The van der Waals surface area contributed by atoms with Crippen LogP contribution in [0.2, 0.25) is 0 Å². The van der Waals surface area contributed by atoms with Gasteiger partial charge in [0.05, 0.1) is 39.6 Å². The van der Waals surface area contributed by atoms with Gasteiger partial charge in [-0.3, -0.25) is 4.79 Å². The summed E-state index contributed by atoms with van der Waals surface area (Å²) in [6.45, 7) is 6.43. The van der Waals surface area contributed by atoms with Crippen molar-refractivity contribution in [1.82, 2.24) is 5.32 Å². The van der Waals surface area contributed by atoms with Crippen molar-refractivity contribution in [2.45, 2.75) is 13.3 Å². The quantitative estimate of drug-likeness (QED) is 0.257. The number of carbonyl (C=O) groups is 2. The van der Waals surface area contributed by atoms with Crippen LogP contribution in [0.3, 0.4) is 0 Å². The third-order valence-electron chi connectivity index (χ3n) is 3.57. The molecule has 2 N–H and O–H groups in total. The second kappa shape index (κ2) is 14.6. The summed E-state index contributed by atoms with van der Waals surface area (Å²) < 4.78 is 20.8. The van der Waals surface area contributed by atoms with E-state index in [0.717, 1.165) is 0 Å². The van der Waals surface area contributed by atoms with E-state index in [1.165, 1.54) is 0 Å². The maximum absolute atomic E-state index is 12.5. The number of hydrogen-bond acceptors (Lipinski definition) is 8. The van der Waals surface area contributed by atoms with Gasteiger partial charge in [-0.2, -0.15) is 0 Å². The van der Waals surface area contributed by atoms with Gasteiger partial charge in [0.2, 0.25) is 0 Å². The number of rotatable bonds is 14. The van der Waals surface area contributed by atoms with E-state index in [1.54, 1.807) is 25.3 Å². The Hall–Kier alpha value is -2.42. The monoisotopic (exact) mass is 395 g/mol. The van der Waals surface area contributed by atoms with E-state index >= 15 is 0 Å². The van der Waals surface area contributed by atoms with Crippen LogP contribution in [0, 0.1) is 5.92 Å². The van der Waals surface area contributed by atoms with Gasteiger partial charge in [-0.1, -0.05) is 18.7 Å². The van der Waals surface area contributed by atoms with E-state index in [4.69, 9.17) is 24.1 Å². The van der Waals surface area contributed by atoms with Crippen LogP contribution in [-0.4, -0.2) is 63.3 Å². The van der Waals surface area contributed by atoms with Crippen molar-refractivity contribution < 1.29 is 33.6 Å². The Morgan fingerprint density at radius 2 is 1.75 bits per heavy atom. The molecule has 1 unspecified atom stereocenters. The summed E-state index contributed by atoms with van der Waals surface area (Å²) >= 11 is 0. The maximum Gasteiger partial charge on any atom is 0.333 e. The average molecular weight is 395 g/mol. The fraction of sp³-hybridized carbons (Fsp3) is 0.500. The molecule has 0 saturated heterocycles. The summed E-state index contributed by atoms with van der Waals surface area (Å²) in [7, 11) is 0. The zero-order valence-corrected chi connectivity index (χ0v) is 16.2. The second-order valence-corrected chi connectivity index (χ2v) is 5.88. The van der Waals surface area contributed by atoms with Crippen molar-refractivity contribution in [2.75, 3.05) is 46.2 Å². The van der Waals surface area contributed by atoms with Crippen LogP contribution in [0.5, 0.6) is 0 Å². The smallest absolute Gasteiger partial charge is 0.333 e. The molecule has 0 spiro atoms.